The predicted molar refractivity (Wildman–Crippen MR) is 42.8 cm³/mol. The van der Waals surface area contributed by atoms with Gasteiger partial charge in [0.15, 0.2) is 0 Å². The molecule has 0 saturated carbocycles. The molecule has 72 valence electrons. The second-order valence-corrected chi connectivity index (χ2v) is 3.52. The molecule has 0 aromatic carbocycles. The molecule has 0 aromatic heterocycles. The second kappa shape index (κ2) is 4.86. The van der Waals surface area contributed by atoms with E-state index in [-0.39, 0.29) is 18.1 Å². The van der Waals surface area contributed by atoms with Crippen molar-refractivity contribution in [2.45, 2.75) is 6.42 Å². The van der Waals surface area contributed by atoms with Crippen LogP contribution in [0.2, 0.25) is 0 Å². The molecule has 5 N–H and O–H groups in total. The van der Waals surface area contributed by atoms with E-state index in [9.17, 15) is 13.2 Å². The molecule has 0 aliphatic carbocycles. The normalized spacial score (nSPS) is 10.1. The Morgan fingerprint density at radius 3 is 2.08 bits per heavy atom. The first-order valence-corrected chi connectivity index (χ1v) is 4.30. The van der Waals surface area contributed by atoms with Gasteiger partial charge >= 0.3 is 5.97 Å². The van der Waals surface area contributed by atoms with Crippen LogP contribution in [0, 0.1) is 0 Å². The fourth-order valence-corrected chi connectivity index (χ4v) is 0.863. The van der Waals surface area contributed by atoms with Crippen molar-refractivity contribution in [2.24, 2.45) is 0 Å². The summed E-state index contributed by atoms with van der Waals surface area (Å²) in [6.07, 6.45) is -0.256. The topological polar surface area (TPSA) is 127 Å². The summed E-state index contributed by atoms with van der Waals surface area (Å²) in [5.74, 6) is -1.85. The van der Waals surface area contributed by atoms with Crippen LogP contribution in [0.1, 0.15) is 6.42 Å². The molecule has 0 aliphatic rings. The third-order valence-electron chi connectivity index (χ3n) is 0.964. The molecular formula is C5H11NO5S. The van der Waals surface area contributed by atoms with E-state index in [2.05, 4.69) is 6.58 Å². The van der Waals surface area contributed by atoms with Crippen molar-refractivity contribution in [1.82, 2.24) is 6.15 Å². The lowest BCUT2D eigenvalue weighted by Crippen LogP contribution is -2.08. The Morgan fingerprint density at radius 1 is 1.42 bits per heavy atom. The van der Waals surface area contributed by atoms with E-state index in [1.54, 1.807) is 0 Å². The van der Waals surface area contributed by atoms with Crippen LogP contribution in [-0.2, 0) is 14.9 Å². The highest BCUT2D eigenvalue weighted by Crippen LogP contribution is 1.99. The molecule has 0 heterocycles. The van der Waals surface area contributed by atoms with E-state index in [4.69, 9.17) is 9.66 Å². The molecule has 7 heteroatoms. The van der Waals surface area contributed by atoms with Crippen molar-refractivity contribution in [3.63, 3.8) is 0 Å². The van der Waals surface area contributed by atoms with E-state index >= 15 is 0 Å². The Labute approximate surface area is 70.2 Å². The number of hydrogen-bond donors (Lipinski definition) is 3. The van der Waals surface area contributed by atoms with Crippen LogP contribution in [0.15, 0.2) is 12.2 Å². The zero-order valence-electron chi connectivity index (χ0n) is 6.36. The van der Waals surface area contributed by atoms with Gasteiger partial charge in [-0.1, -0.05) is 6.58 Å². The Bertz CT molecular complexity index is 268. The van der Waals surface area contributed by atoms with Crippen molar-refractivity contribution in [3.8, 4) is 0 Å². The number of carbonyl (C=O) groups is 1. The van der Waals surface area contributed by atoms with Gasteiger partial charge in [-0.2, -0.15) is 8.42 Å². The van der Waals surface area contributed by atoms with Crippen LogP contribution in [0.5, 0.6) is 0 Å². The molecular weight excluding hydrogens is 186 g/mol. The molecule has 0 fully saturated rings. The first-order valence-electron chi connectivity index (χ1n) is 2.69. The minimum Gasteiger partial charge on any atom is -0.478 e. The number of carboxylic acids is 1. The van der Waals surface area contributed by atoms with Gasteiger partial charge in [0.05, 0.1) is 5.75 Å². The van der Waals surface area contributed by atoms with Gasteiger partial charge in [-0.05, 0) is 6.42 Å². The highest BCUT2D eigenvalue weighted by Gasteiger charge is 2.09. The van der Waals surface area contributed by atoms with Gasteiger partial charge in [0.2, 0.25) is 0 Å². The standard InChI is InChI=1S/C5H8O5S.H3N/c1-4(5(6)7)2-3-11(8,9)10;/h1-3H2,(H,6,7)(H,8,9,10);1H3. The molecule has 6 nitrogen and oxygen atoms in total. The SMILES string of the molecule is C=C(CCS(=O)(=O)O)C(=O)O.N. The van der Waals surface area contributed by atoms with Crippen LogP contribution in [0.3, 0.4) is 0 Å². The minimum atomic E-state index is -4.08. The van der Waals surface area contributed by atoms with Gasteiger partial charge in [-0.15, -0.1) is 0 Å². The van der Waals surface area contributed by atoms with E-state index in [1.807, 2.05) is 0 Å². The highest BCUT2D eigenvalue weighted by atomic mass is 32.2. The molecule has 0 saturated heterocycles. The monoisotopic (exact) mass is 197 g/mol. The fourth-order valence-electron chi connectivity index (χ4n) is 0.359. The second-order valence-electron chi connectivity index (χ2n) is 1.94. The lowest BCUT2D eigenvalue weighted by Gasteiger charge is -1.96. The lowest BCUT2D eigenvalue weighted by atomic mass is 10.2. The minimum absolute atomic E-state index is 0. The maximum atomic E-state index is 10.1. The number of hydrogen-bond acceptors (Lipinski definition) is 4. The smallest absolute Gasteiger partial charge is 0.330 e. The average molecular weight is 197 g/mol. The van der Waals surface area contributed by atoms with Crippen molar-refractivity contribution in [1.29, 1.82) is 0 Å². The van der Waals surface area contributed by atoms with Gasteiger partial charge in [0.25, 0.3) is 10.1 Å². The maximum Gasteiger partial charge on any atom is 0.330 e. The fraction of sp³-hybridized carbons (Fsp3) is 0.400. The molecule has 0 unspecified atom stereocenters. The first-order chi connectivity index (χ1) is 4.83. The summed E-state index contributed by atoms with van der Waals surface area (Å²) in [4.78, 5) is 10.0. The van der Waals surface area contributed by atoms with Crippen molar-refractivity contribution in [2.75, 3.05) is 5.75 Å². The number of aliphatic carboxylic acids is 1. The summed E-state index contributed by atoms with van der Waals surface area (Å²) in [5, 5.41) is 8.20. The van der Waals surface area contributed by atoms with Gasteiger partial charge in [0, 0.05) is 5.57 Å². The average Bonchev–Trinajstić information content (AvgIpc) is 1.80. The summed E-state index contributed by atoms with van der Waals surface area (Å²) in [7, 11) is -4.08. The van der Waals surface area contributed by atoms with Crippen molar-refractivity contribution < 1.29 is 22.9 Å². The van der Waals surface area contributed by atoms with Gasteiger partial charge < -0.3 is 11.3 Å². The van der Waals surface area contributed by atoms with E-state index < -0.39 is 21.8 Å². The Balaban J connectivity index is 0. The third kappa shape index (κ3) is 7.19. The van der Waals surface area contributed by atoms with Crippen LogP contribution in [0.4, 0.5) is 0 Å². The maximum absolute atomic E-state index is 10.1. The molecule has 0 aromatic rings. The summed E-state index contributed by atoms with van der Waals surface area (Å²) in [6, 6.07) is 0. The zero-order valence-corrected chi connectivity index (χ0v) is 7.17. The summed E-state index contributed by atoms with van der Waals surface area (Å²) >= 11 is 0. The van der Waals surface area contributed by atoms with Crippen LogP contribution in [-0.4, -0.2) is 29.8 Å². The molecule has 0 radical (unpaired) electrons. The lowest BCUT2D eigenvalue weighted by molar-refractivity contribution is -0.132. The Morgan fingerprint density at radius 2 is 1.83 bits per heavy atom. The number of rotatable bonds is 4. The zero-order chi connectivity index (χ0) is 9.07. The first kappa shape index (κ1) is 13.7. The quantitative estimate of drug-likeness (QED) is 0.432. The number of carboxylic acid groups (broad SMARTS) is 1. The molecule has 0 rings (SSSR count). The summed E-state index contributed by atoms with van der Waals surface area (Å²) in [5.41, 5.74) is -0.234. The van der Waals surface area contributed by atoms with Gasteiger partial charge in [0.1, 0.15) is 0 Å². The van der Waals surface area contributed by atoms with E-state index in [0.29, 0.717) is 0 Å². The van der Waals surface area contributed by atoms with Crippen LogP contribution < -0.4 is 6.15 Å². The van der Waals surface area contributed by atoms with Gasteiger partial charge in [-0.3, -0.25) is 4.55 Å². The Kier molecular flexibility index (Phi) is 5.53. The largest absolute Gasteiger partial charge is 0.478 e. The van der Waals surface area contributed by atoms with Crippen molar-refractivity contribution >= 4 is 16.1 Å². The highest BCUT2D eigenvalue weighted by molar-refractivity contribution is 7.85. The molecule has 12 heavy (non-hydrogen) atoms. The molecule has 0 bridgehead atoms. The molecule has 0 spiro atoms. The summed E-state index contributed by atoms with van der Waals surface area (Å²) in [6.45, 7) is 3.08. The molecule has 0 atom stereocenters. The van der Waals surface area contributed by atoms with Gasteiger partial charge in [-0.25, -0.2) is 4.79 Å². The third-order valence-corrected chi connectivity index (χ3v) is 1.68. The van der Waals surface area contributed by atoms with Crippen molar-refractivity contribution in [3.05, 3.63) is 12.2 Å². The Hall–Kier alpha value is -0.920. The predicted octanol–water partition coefficient (Wildman–Crippen LogP) is 0.0671. The van der Waals surface area contributed by atoms with E-state index in [0.717, 1.165) is 0 Å². The summed E-state index contributed by atoms with van der Waals surface area (Å²) < 4.78 is 28.3. The van der Waals surface area contributed by atoms with Crippen LogP contribution in [0.25, 0.3) is 0 Å². The molecule has 0 aliphatic heterocycles. The molecule has 0 amide bonds. The van der Waals surface area contributed by atoms with E-state index in [1.165, 1.54) is 0 Å². The van der Waals surface area contributed by atoms with Crippen LogP contribution >= 0.6 is 0 Å².